The van der Waals surface area contributed by atoms with Gasteiger partial charge in [-0.15, -0.1) is 6.42 Å². The Morgan fingerprint density at radius 2 is 1.75 bits per heavy atom. The molecule has 0 aliphatic carbocycles. The van der Waals surface area contributed by atoms with Crippen molar-refractivity contribution in [2.75, 3.05) is 16.2 Å². The van der Waals surface area contributed by atoms with Crippen molar-refractivity contribution in [1.82, 2.24) is 0 Å². The van der Waals surface area contributed by atoms with Crippen LogP contribution in [0.1, 0.15) is 38.7 Å². The summed E-state index contributed by atoms with van der Waals surface area (Å²) in [5, 5.41) is 11.0. The molecule has 0 aromatic heterocycles. The predicted molar refractivity (Wildman–Crippen MR) is 132 cm³/mol. The Balaban J connectivity index is 1.95. The fourth-order valence-corrected chi connectivity index (χ4v) is 4.58. The summed E-state index contributed by atoms with van der Waals surface area (Å²) >= 11 is -1.42. The lowest BCUT2D eigenvalue weighted by atomic mass is 10.0. The van der Waals surface area contributed by atoms with E-state index in [0.29, 0.717) is 17.4 Å². The number of terminal acetylenes is 1. The molecule has 5 nitrogen and oxygen atoms in total. The Hall–Kier alpha value is -3.14. The van der Waals surface area contributed by atoms with Crippen molar-refractivity contribution in [2.24, 2.45) is 0 Å². The standard InChI is InChI=1S/C26H28N2O3S/c1-5-16-28(19(4)17-26(29)30)25-15-14-24(22-8-6-7-9-23(22)25)27-32(31)21-12-10-20(11-13-21)18(2)3/h1,6-15,18-19,27H,16-17H2,2-4H3,(H,29,30)/t19-,32?/m0/s1. The summed E-state index contributed by atoms with van der Waals surface area (Å²) in [5.41, 5.74) is 2.79. The summed E-state index contributed by atoms with van der Waals surface area (Å²) in [6, 6.07) is 19.0. The molecular weight excluding hydrogens is 420 g/mol. The van der Waals surface area contributed by atoms with E-state index in [9.17, 15) is 14.5 Å². The maximum Gasteiger partial charge on any atom is 0.305 e. The summed E-state index contributed by atoms with van der Waals surface area (Å²) in [4.78, 5) is 13.9. The molecule has 6 heteroatoms. The number of hydrogen-bond acceptors (Lipinski definition) is 4. The molecule has 32 heavy (non-hydrogen) atoms. The highest BCUT2D eigenvalue weighted by Gasteiger charge is 2.21. The number of rotatable bonds is 9. The molecular formula is C26H28N2O3S. The Bertz CT molecular complexity index is 1120. The van der Waals surface area contributed by atoms with Gasteiger partial charge in [0.15, 0.2) is 4.90 Å². The van der Waals surface area contributed by atoms with Crippen LogP contribution < -0.4 is 9.62 Å². The van der Waals surface area contributed by atoms with Gasteiger partial charge in [0.2, 0.25) is 0 Å². The van der Waals surface area contributed by atoms with E-state index in [4.69, 9.17) is 6.42 Å². The van der Waals surface area contributed by atoms with Crippen LogP contribution in [0.15, 0.2) is 65.6 Å². The molecule has 0 saturated carbocycles. The van der Waals surface area contributed by atoms with E-state index >= 15 is 0 Å². The average Bonchev–Trinajstić information content (AvgIpc) is 2.77. The minimum Gasteiger partial charge on any atom is -0.588 e. The third-order valence-corrected chi connectivity index (χ3v) is 6.54. The fraction of sp³-hybridized carbons (Fsp3) is 0.269. The van der Waals surface area contributed by atoms with Gasteiger partial charge in [-0.3, -0.25) is 4.79 Å². The molecule has 166 valence electrons. The quantitative estimate of drug-likeness (QED) is 0.339. The number of nitrogens with zero attached hydrogens (tertiary/aromatic N) is 1. The normalized spacial score (nSPS) is 12.9. The van der Waals surface area contributed by atoms with Gasteiger partial charge in [0.05, 0.1) is 18.7 Å². The Kier molecular flexibility index (Phi) is 7.68. The van der Waals surface area contributed by atoms with Crippen molar-refractivity contribution < 1.29 is 14.5 Å². The highest BCUT2D eigenvalue weighted by molar-refractivity contribution is 7.92. The molecule has 3 aromatic carbocycles. The highest BCUT2D eigenvalue weighted by atomic mass is 32.2. The molecule has 0 saturated heterocycles. The molecule has 1 unspecified atom stereocenters. The van der Waals surface area contributed by atoms with Crippen molar-refractivity contribution in [3.63, 3.8) is 0 Å². The zero-order valence-corrected chi connectivity index (χ0v) is 19.4. The SMILES string of the molecule is C#CCN(c1ccc(N[S+]([O-])c2ccc(C(C)C)cc2)c2ccccc12)[C@@H](C)CC(=O)O. The number of carboxylic acid groups (broad SMARTS) is 1. The van der Waals surface area contributed by atoms with Crippen molar-refractivity contribution >= 4 is 39.5 Å². The Labute approximate surface area is 192 Å². The molecule has 0 aliphatic heterocycles. The smallest absolute Gasteiger partial charge is 0.305 e. The van der Waals surface area contributed by atoms with Gasteiger partial charge in [0, 0.05) is 22.5 Å². The molecule has 3 aromatic rings. The minimum absolute atomic E-state index is 0.0214. The first kappa shape index (κ1) is 23.5. The zero-order chi connectivity index (χ0) is 23.3. The maximum absolute atomic E-state index is 13.0. The minimum atomic E-state index is -1.42. The van der Waals surface area contributed by atoms with Crippen molar-refractivity contribution in [3.05, 3.63) is 66.2 Å². The Morgan fingerprint density at radius 1 is 1.09 bits per heavy atom. The maximum atomic E-state index is 13.0. The van der Waals surface area contributed by atoms with Crippen LogP contribution in [0, 0.1) is 12.3 Å². The van der Waals surface area contributed by atoms with Gasteiger partial charge < -0.3 is 14.6 Å². The van der Waals surface area contributed by atoms with E-state index in [1.165, 1.54) is 5.56 Å². The molecule has 0 bridgehead atoms. The lowest BCUT2D eigenvalue weighted by Crippen LogP contribution is -2.35. The number of hydrogen-bond donors (Lipinski definition) is 2. The van der Waals surface area contributed by atoms with Gasteiger partial charge in [-0.05, 0) is 42.7 Å². The molecule has 0 heterocycles. The van der Waals surface area contributed by atoms with Gasteiger partial charge in [0.25, 0.3) is 0 Å². The first-order chi connectivity index (χ1) is 15.3. The van der Waals surface area contributed by atoms with Crippen LogP contribution >= 0.6 is 0 Å². The number of benzene rings is 3. The van der Waals surface area contributed by atoms with Gasteiger partial charge in [-0.1, -0.05) is 56.2 Å². The van der Waals surface area contributed by atoms with Crippen LogP contribution in [0.4, 0.5) is 11.4 Å². The summed E-state index contributed by atoms with van der Waals surface area (Å²) < 4.78 is 16.1. The molecule has 0 fully saturated rings. The van der Waals surface area contributed by atoms with E-state index in [1.807, 2.05) is 72.5 Å². The number of fused-ring (bicyclic) bond motifs is 1. The van der Waals surface area contributed by atoms with Gasteiger partial charge in [0.1, 0.15) is 11.4 Å². The molecule has 2 atom stereocenters. The number of aliphatic carboxylic acids is 1. The van der Waals surface area contributed by atoms with Crippen LogP contribution in [-0.2, 0) is 16.2 Å². The van der Waals surface area contributed by atoms with Crippen molar-refractivity contribution in [3.8, 4) is 12.3 Å². The summed E-state index contributed by atoms with van der Waals surface area (Å²) in [5.74, 6) is 2.17. The van der Waals surface area contributed by atoms with Gasteiger partial charge in [-0.25, -0.2) is 4.72 Å². The predicted octanol–water partition coefficient (Wildman–Crippen LogP) is 5.40. The first-order valence-electron chi connectivity index (χ1n) is 10.5. The topological polar surface area (TPSA) is 75.6 Å². The second kappa shape index (κ2) is 10.4. The molecule has 3 rings (SSSR count). The monoisotopic (exact) mass is 448 g/mol. The summed E-state index contributed by atoms with van der Waals surface area (Å²) in [6.45, 7) is 6.39. The molecule has 0 spiro atoms. The van der Waals surface area contributed by atoms with Crippen LogP contribution in [-0.4, -0.2) is 28.2 Å². The third-order valence-electron chi connectivity index (χ3n) is 5.44. The average molecular weight is 449 g/mol. The summed E-state index contributed by atoms with van der Waals surface area (Å²) in [7, 11) is 0. The van der Waals surface area contributed by atoms with E-state index in [1.54, 1.807) is 0 Å². The van der Waals surface area contributed by atoms with Crippen LogP contribution in [0.5, 0.6) is 0 Å². The Morgan fingerprint density at radius 3 is 2.34 bits per heavy atom. The van der Waals surface area contributed by atoms with Crippen molar-refractivity contribution in [1.29, 1.82) is 0 Å². The number of anilines is 2. The van der Waals surface area contributed by atoms with Crippen LogP contribution in [0.25, 0.3) is 10.8 Å². The van der Waals surface area contributed by atoms with E-state index in [0.717, 1.165) is 22.1 Å². The van der Waals surface area contributed by atoms with Gasteiger partial charge >= 0.3 is 5.97 Å². The first-order valence-corrected chi connectivity index (χ1v) is 11.7. The van der Waals surface area contributed by atoms with Gasteiger partial charge in [-0.2, -0.15) is 0 Å². The zero-order valence-electron chi connectivity index (χ0n) is 18.5. The number of nitrogens with one attached hydrogen (secondary N) is 1. The summed E-state index contributed by atoms with van der Waals surface area (Å²) in [6.07, 6.45) is 5.56. The number of carboxylic acids is 1. The number of carbonyl (C=O) groups is 1. The second-order valence-electron chi connectivity index (χ2n) is 8.05. The lowest BCUT2D eigenvalue weighted by Gasteiger charge is -2.30. The highest BCUT2D eigenvalue weighted by Crippen LogP contribution is 2.34. The molecule has 0 amide bonds. The van der Waals surface area contributed by atoms with Crippen molar-refractivity contribution in [2.45, 2.75) is 44.0 Å². The van der Waals surface area contributed by atoms with E-state index in [2.05, 4.69) is 24.5 Å². The third kappa shape index (κ3) is 5.37. The van der Waals surface area contributed by atoms with E-state index in [-0.39, 0.29) is 12.5 Å². The second-order valence-corrected chi connectivity index (χ2v) is 9.26. The fourth-order valence-electron chi connectivity index (χ4n) is 3.70. The molecule has 0 aliphatic rings. The van der Waals surface area contributed by atoms with E-state index < -0.39 is 17.3 Å². The molecule has 0 radical (unpaired) electrons. The van der Waals surface area contributed by atoms with Crippen LogP contribution in [0.3, 0.4) is 0 Å². The van der Waals surface area contributed by atoms with Crippen LogP contribution in [0.2, 0.25) is 0 Å². The molecule has 2 N–H and O–H groups in total. The largest absolute Gasteiger partial charge is 0.588 e. The lowest BCUT2D eigenvalue weighted by molar-refractivity contribution is -0.137.